The SMILES string of the molecule is CC(C)(C)c1cc2c3c(c1)N(c1ccccc1)c1cc(C4CCCCC4)ccc1B3c1ccccc1N2c1cccc(C2CCCCC2)c1. The maximum Gasteiger partial charge on any atom is 0.252 e. The van der Waals surface area contributed by atoms with E-state index < -0.39 is 0 Å². The van der Waals surface area contributed by atoms with Crippen molar-refractivity contribution < 1.29 is 0 Å². The van der Waals surface area contributed by atoms with E-state index in [-0.39, 0.29) is 12.1 Å². The molecule has 2 aliphatic carbocycles. The number of anilines is 6. The van der Waals surface area contributed by atoms with Gasteiger partial charge in [-0.1, -0.05) is 120 Å². The van der Waals surface area contributed by atoms with E-state index >= 15 is 0 Å². The number of para-hydroxylation sites is 2. The number of fused-ring (bicyclic) bond motifs is 4. The third-order valence-corrected chi connectivity index (χ3v) is 12.2. The fourth-order valence-electron chi connectivity index (χ4n) is 9.57. The van der Waals surface area contributed by atoms with Crippen molar-refractivity contribution in [2.45, 2.75) is 102 Å². The largest absolute Gasteiger partial charge is 0.311 e. The molecule has 0 radical (unpaired) electrons. The van der Waals surface area contributed by atoms with E-state index in [1.807, 2.05) is 0 Å². The van der Waals surface area contributed by atoms with Crippen LogP contribution in [0.3, 0.4) is 0 Å². The van der Waals surface area contributed by atoms with Crippen LogP contribution in [0.1, 0.15) is 114 Å². The Hall–Kier alpha value is -4.24. The van der Waals surface area contributed by atoms with Gasteiger partial charge in [0.1, 0.15) is 0 Å². The van der Waals surface area contributed by atoms with Crippen LogP contribution < -0.4 is 26.2 Å². The number of benzene rings is 5. The fourth-order valence-corrected chi connectivity index (χ4v) is 9.57. The molecule has 0 N–H and O–H groups in total. The van der Waals surface area contributed by atoms with Crippen molar-refractivity contribution in [2.75, 3.05) is 9.80 Å². The summed E-state index contributed by atoms with van der Waals surface area (Å²) in [6.07, 6.45) is 13.4. The van der Waals surface area contributed by atoms with Gasteiger partial charge in [-0.2, -0.15) is 0 Å². The van der Waals surface area contributed by atoms with Gasteiger partial charge in [-0.25, -0.2) is 0 Å². The zero-order valence-electron chi connectivity index (χ0n) is 29.6. The fraction of sp³-hybridized carbons (Fsp3) is 0.348. The minimum absolute atomic E-state index is 0.0137. The van der Waals surface area contributed by atoms with Gasteiger partial charge in [-0.15, -0.1) is 0 Å². The Balaban J connectivity index is 1.31. The summed E-state index contributed by atoms with van der Waals surface area (Å²) in [6, 6.07) is 42.6. The van der Waals surface area contributed by atoms with Crippen molar-refractivity contribution in [1.29, 1.82) is 0 Å². The van der Waals surface area contributed by atoms with E-state index in [4.69, 9.17) is 0 Å². The summed E-state index contributed by atoms with van der Waals surface area (Å²) in [7, 11) is 0. The monoisotopic (exact) mass is 640 g/mol. The summed E-state index contributed by atoms with van der Waals surface area (Å²) in [4.78, 5) is 5.22. The molecule has 0 spiro atoms. The second-order valence-electron chi connectivity index (χ2n) is 16.3. The second kappa shape index (κ2) is 12.3. The van der Waals surface area contributed by atoms with E-state index in [1.54, 1.807) is 0 Å². The predicted molar refractivity (Wildman–Crippen MR) is 211 cm³/mol. The Morgan fingerprint density at radius 1 is 0.490 bits per heavy atom. The molecule has 0 aromatic heterocycles. The highest BCUT2D eigenvalue weighted by Gasteiger charge is 2.44. The third-order valence-electron chi connectivity index (χ3n) is 12.2. The summed E-state index contributed by atoms with van der Waals surface area (Å²) >= 11 is 0. The Morgan fingerprint density at radius 3 is 1.73 bits per heavy atom. The first-order valence-corrected chi connectivity index (χ1v) is 19.1. The standard InChI is InChI=1S/C46H49BN2/c1-46(2,3)36-30-43-45-44(31-36)49(38-23-15-20-34(28-38)32-16-7-4-8-17-32)41-25-14-13-24-39(41)47(45)40-27-26-35(33-18-9-5-10-19-33)29-42(40)48(43)37-21-11-6-12-22-37/h6,11-15,20-33H,4-5,7-10,16-19H2,1-3H3. The number of hydrogen-bond acceptors (Lipinski definition) is 2. The van der Waals surface area contributed by atoms with Gasteiger partial charge in [0.15, 0.2) is 0 Å². The second-order valence-corrected chi connectivity index (χ2v) is 16.3. The van der Waals surface area contributed by atoms with Crippen molar-refractivity contribution in [3.05, 3.63) is 126 Å². The van der Waals surface area contributed by atoms with Gasteiger partial charge < -0.3 is 9.80 Å². The summed E-state index contributed by atoms with van der Waals surface area (Å²) in [5.74, 6) is 1.32. The van der Waals surface area contributed by atoms with E-state index in [0.29, 0.717) is 11.8 Å². The molecule has 5 aromatic rings. The van der Waals surface area contributed by atoms with E-state index in [1.165, 1.54) is 131 Å². The molecule has 0 bridgehead atoms. The predicted octanol–water partition coefficient (Wildman–Crippen LogP) is 11.2. The molecule has 5 aromatic carbocycles. The van der Waals surface area contributed by atoms with Gasteiger partial charge in [-0.05, 0) is 125 Å². The third kappa shape index (κ3) is 5.32. The molecule has 0 unspecified atom stereocenters. The van der Waals surface area contributed by atoms with Crippen molar-refractivity contribution in [3.63, 3.8) is 0 Å². The average Bonchev–Trinajstić information content (AvgIpc) is 3.15. The first kappa shape index (κ1) is 30.8. The molecule has 246 valence electrons. The van der Waals surface area contributed by atoms with Gasteiger partial charge in [0, 0.05) is 34.1 Å². The molecular weight excluding hydrogens is 591 g/mol. The molecule has 9 rings (SSSR count). The van der Waals surface area contributed by atoms with Crippen LogP contribution in [-0.2, 0) is 5.41 Å². The molecule has 0 amide bonds. The normalized spacial score (nSPS) is 17.8. The van der Waals surface area contributed by atoms with Crippen molar-refractivity contribution in [2.24, 2.45) is 0 Å². The van der Waals surface area contributed by atoms with Crippen LogP contribution in [0.5, 0.6) is 0 Å². The van der Waals surface area contributed by atoms with E-state index in [0.717, 1.165) is 0 Å². The molecule has 2 heterocycles. The molecule has 2 fully saturated rings. The van der Waals surface area contributed by atoms with Crippen LogP contribution in [0.4, 0.5) is 34.1 Å². The average molecular weight is 641 g/mol. The smallest absolute Gasteiger partial charge is 0.252 e. The van der Waals surface area contributed by atoms with E-state index in [9.17, 15) is 0 Å². The van der Waals surface area contributed by atoms with Crippen molar-refractivity contribution in [3.8, 4) is 0 Å². The number of rotatable bonds is 4. The number of nitrogens with zero attached hydrogens (tertiary/aromatic N) is 2. The Kier molecular flexibility index (Phi) is 7.71. The highest BCUT2D eigenvalue weighted by atomic mass is 15.2. The minimum atomic E-state index is -0.0137. The van der Waals surface area contributed by atoms with E-state index in [2.05, 4.69) is 140 Å². The summed E-state index contributed by atoms with van der Waals surface area (Å²) in [5, 5.41) is 0. The highest BCUT2D eigenvalue weighted by molar-refractivity contribution is 7.00. The Bertz CT molecular complexity index is 1970. The van der Waals surface area contributed by atoms with Crippen molar-refractivity contribution >= 4 is 57.2 Å². The zero-order valence-corrected chi connectivity index (χ0v) is 29.6. The highest BCUT2D eigenvalue weighted by Crippen LogP contribution is 2.47. The lowest BCUT2D eigenvalue weighted by Gasteiger charge is -2.45. The van der Waals surface area contributed by atoms with Crippen LogP contribution in [0, 0.1) is 0 Å². The first-order valence-electron chi connectivity index (χ1n) is 19.1. The van der Waals surface area contributed by atoms with Crippen molar-refractivity contribution in [1.82, 2.24) is 0 Å². The molecule has 2 saturated carbocycles. The summed E-state index contributed by atoms with van der Waals surface area (Å²) in [5.41, 5.74) is 16.5. The minimum Gasteiger partial charge on any atom is -0.311 e. The lowest BCUT2D eigenvalue weighted by molar-refractivity contribution is 0.443. The van der Waals surface area contributed by atoms with Gasteiger partial charge in [0.2, 0.25) is 0 Å². The van der Waals surface area contributed by atoms with Gasteiger partial charge in [-0.3, -0.25) is 0 Å². The van der Waals surface area contributed by atoms with Crippen LogP contribution >= 0.6 is 0 Å². The Labute approximate surface area is 294 Å². The van der Waals surface area contributed by atoms with Crippen LogP contribution in [-0.4, -0.2) is 6.71 Å². The number of hydrogen-bond donors (Lipinski definition) is 0. The molecule has 49 heavy (non-hydrogen) atoms. The van der Waals surface area contributed by atoms with Crippen LogP contribution in [0.2, 0.25) is 0 Å². The molecule has 2 nitrogen and oxygen atoms in total. The topological polar surface area (TPSA) is 6.48 Å². The first-order chi connectivity index (χ1) is 24.0. The maximum atomic E-state index is 2.61. The Morgan fingerprint density at radius 2 is 1.06 bits per heavy atom. The molecule has 4 aliphatic rings. The van der Waals surface area contributed by atoms with Gasteiger partial charge >= 0.3 is 0 Å². The molecule has 0 saturated heterocycles. The molecule has 3 heteroatoms. The zero-order chi connectivity index (χ0) is 33.1. The summed E-state index contributed by atoms with van der Waals surface area (Å²) < 4.78 is 0. The molecule has 2 aliphatic heterocycles. The molecule has 0 atom stereocenters. The maximum absolute atomic E-state index is 2.61. The van der Waals surface area contributed by atoms with Gasteiger partial charge in [0.05, 0.1) is 0 Å². The van der Waals surface area contributed by atoms with Crippen LogP contribution in [0.25, 0.3) is 0 Å². The molecular formula is C46H49BN2. The quantitative estimate of drug-likeness (QED) is 0.177. The lowest BCUT2D eigenvalue weighted by Crippen LogP contribution is -2.61. The summed E-state index contributed by atoms with van der Waals surface area (Å²) in [6.45, 7) is 7.28. The van der Waals surface area contributed by atoms with Gasteiger partial charge in [0.25, 0.3) is 6.71 Å². The lowest BCUT2D eigenvalue weighted by atomic mass is 9.33. The van der Waals surface area contributed by atoms with Crippen LogP contribution in [0.15, 0.2) is 109 Å².